The van der Waals surface area contributed by atoms with Gasteiger partial charge in [0, 0.05) is 15.8 Å². The molecule has 0 aliphatic heterocycles. The second-order valence-corrected chi connectivity index (χ2v) is 9.36. The first-order valence-electron chi connectivity index (χ1n) is 10.5. The van der Waals surface area contributed by atoms with Gasteiger partial charge in [-0.15, -0.1) is 11.3 Å². The van der Waals surface area contributed by atoms with Crippen molar-refractivity contribution < 1.29 is 27.5 Å². The molecule has 2 amide bonds. The Morgan fingerprint density at radius 1 is 1.12 bits per heavy atom. The van der Waals surface area contributed by atoms with E-state index in [1.165, 1.54) is 30.6 Å². The van der Waals surface area contributed by atoms with E-state index in [1.54, 1.807) is 32.0 Å². The van der Waals surface area contributed by atoms with Crippen molar-refractivity contribution >= 4 is 28.8 Å². The smallest absolute Gasteiger partial charge is 0.471 e. The van der Waals surface area contributed by atoms with Crippen molar-refractivity contribution in [3.05, 3.63) is 45.6 Å². The van der Waals surface area contributed by atoms with Gasteiger partial charge in [-0.05, 0) is 56.5 Å². The maximum atomic E-state index is 13.8. The molecule has 3 rings (SSSR count). The fourth-order valence-electron chi connectivity index (χ4n) is 3.99. The molecule has 1 atom stereocenters. The normalized spacial score (nSPS) is 15.8. The third-order valence-electron chi connectivity index (χ3n) is 5.54. The van der Waals surface area contributed by atoms with Crippen LogP contribution in [0.5, 0.6) is 5.75 Å². The van der Waals surface area contributed by atoms with Crippen LogP contribution in [0.2, 0.25) is 0 Å². The van der Waals surface area contributed by atoms with E-state index in [1.807, 2.05) is 0 Å². The average molecular weight is 469 g/mol. The first-order valence-corrected chi connectivity index (χ1v) is 11.3. The third kappa shape index (κ3) is 5.43. The average Bonchev–Trinajstić information content (AvgIpc) is 3.17. The van der Waals surface area contributed by atoms with Crippen LogP contribution in [0.25, 0.3) is 0 Å². The first-order chi connectivity index (χ1) is 15.1. The summed E-state index contributed by atoms with van der Waals surface area (Å²) in [6.45, 7) is 3.50. The highest BCUT2D eigenvalue weighted by molar-refractivity contribution is 7.12. The quantitative estimate of drug-likeness (QED) is 0.613. The Balaban J connectivity index is 2.13. The predicted molar refractivity (Wildman–Crippen MR) is 118 cm³/mol. The van der Waals surface area contributed by atoms with Crippen molar-refractivity contribution in [3.63, 3.8) is 0 Å². The van der Waals surface area contributed by atoms with E-state index in [-0.39, 0.29) is 17.5 Å². The van der Waals surface area contributed by atoms with Crippen LogP contribution in [0.3, 0.4) is 0 Å². The molecule has 1 aromatic heterocycles. The van der Waals surface area contributed by atoms with Crippen molar-refractivity contribution in [1.29, 1.82) is 0 Å². The van der Waals surface area contributed by atoms with Gasteiger partial charge in [0.1, 0.15) is 5.75 Å². The summed E-state index contributed by atoms with van der Waals surface area (Å²) in [6, 6.07) is 6.34. The topological polar surface area (TPSA) is 58.6 Å². The standard InChI is InChI=1S/C23H27F3N2O3S/c1-14-9-11-18(31-3)17(13-14)28(22(30)23(24,25)26)20(19-12-10-15(2)32-19)21(29)27-16-7-5-4-6-8-16/h9-13,16,20H,4-8H2,1-3H3,(H,27,29). The van der Waals surface area contributed by atoms with Gasteiger partial charge in [-0.2, -0.15) is 13.2 Å². The lowest BCUT2D eigenvalue weighted by Gasteiger charge is -2.33. The highest BCUT2D eigenvalue weighted by Gasteiger charge is 2.48. The number of aryl methyl sites for hydroxylation is 2. The number of anilines is 1. The van der Waals surface area contributed by atoms with E-state index >= 15 is 0 Å². The number of hydrogen-bond acceptors (Lipinski definition) is 4. The van der Waals surface area contributed by atoms with Gasteiger partial charge in [-0.1, -0.05) is 25.3 Å². The van der Waals surface area contributed by atoms with Crippen molar-refractivity contribution in [3.8, 4) is 5.75 Å². The minimum Gasteiger partial charge on any atom is -0.495 e. The number of alkyl halides is 3. The van der Waals surface area contributed by atoms with Gasteiger partial charge >= 0.3 is 12.1 Å². The monoisotopic (exact) mass is 468 g/mol. The molecule has 0 bridgehead atoms. The number of carbonyl (C=O) groups excluding carboxylic acids is 2. The number of hydrogen-bond donors (Lipinski definition) is 1. The number of nitrogens with one attached hydrogen (secondary N) is 1. The molecule has 1 fully saturated rings. The largest absolute Gasteiger partial charge is 0.495 e. The Kier molecular flexibility index (Phi) is 7.48. The number of benzene rings is 1. The molecule has 5 nitrogen and oxygen atoms in total. The van der Waals surface area contributed by atoms with Crippen molar-refractivity contribution in [2.75, 3.05) is 12.0 Å². The number of halogens is 3. The summed E-state index contributed by atoms with van der Waals surface area (Å²) in [4.78, 5) is 27.9. The van der Waals surface area contributed by atoms with E-state index in [9.17, 15) is 22.8 Å². The molecule has 0 spiro atoms. The van der Waals surface area contributed by atoms with Crippen LogP contribution in [0.15, 0.2) is 30.3 Å². The predicted octanol–water partition coefficient (Wildman–Crippen LogP) is 5.46. The van der Waals surface area contributed by atoms with Crippen molar-refractivity contribution in [1.82, 2.24) is 5.32 Å². The Labute approximate surface area is 189 Å². The maximum absolute atomic E-state index is 13.8. The molecule has 1 N–H and O–H groups in total. The lowest BCUT2D eigenvalue weighted by molar-refractivity contribution is -0.171. The molecular formula is C23H27F3N2O3S. The number of amides is 2. The van der Waals surface area contributed by atoms with Crippen LogP contribution in [0.4, 0.5) is 18.9 Å². The third-order valence-corrected chi connectivity index (χ3v) is 6.60. The van der Waals surface area contributed by atoms with E-state index in [0.717, 1.165) is 37.0 Å². The summed E-state index contributed by atoms with van der Waals surface area (Å²) < 4.78 is 46.6. The molecule has 0 radical (unpaired) electrons. The van der Waals surface area contributed by atoms with E-state index < -0.39 is 24.0 Å². The minimum absolute atomic E-state index is 0.0805. The van der Waals surface area contributed by atoms with Gasteiger partial charge < -0.3 is 10.1 Å². The summed E-state index contributed by atoms with van der Waals surface area (Å²) >= 11 is 1.19. The first kappa shape index (κ1) is 24.1. The SMILES string of the molecule is COc1ccc(C)cc1N(C(=O)C(F)(F)F)C(C(=O)NC1CCCCC1)c1ccc(C)s1. The number of nitrogens with zero attached hydrogens (tertiary/aromatic N) is 1. The van der Waals surface area contributed by atoms with Gasteiger partial charge in [0.05, 0.1) is 12.8 Å². The molecule has 1 heterocycles. The Bertz CT molecular complexity index is 968. The van der Waals surface area contributed by atoms with Crippen LogP contribution >= 0.6 is 11.3 Å². The second kappa shape index (κ2) is 9.94. The van der Waals surface area contributed by atoms with Gasteiger partial charge in [0.2, 0.25) is 5.91 Å². The molecule has 1 aliphatic rings. The zero-order chi connectivity index (χ0) is 23.5. The van der Waals surface area contributed by atoms with Gasteiger partial charge in [-0.25, -0.2) is 0 Å². The number of thiophene rings is 1. The van der Waals surface area contributed by atoms with Gasteiger partial charge in [-0.3, -0.25) is 14.5 Å². The summed E-state index contributed by atoms with van der Waals surface area (Å²) in [5.74, 6) is -2.66. The van der Waals surface area contributed by atoms with E-state index in [2.05, 4.69) is 5.32 Å². The number of carbonyl (C=O) groups is 2. The maximum Gasteiger partial charge on any atom is 0.471 e. The van der Waals surface area contributed by atoms with E-state index in [4.69, 9.17) is 4.74 Å². The minimum atomic E-state index is -5.18. The summed E-state index contributed by atoms with van der Waals surface area (Å²) in [6.07, 6.45) is -0.676. The van der Waals surface area contributed by atoms with Crippen molar-refractivity contribution in [2.24, 2.45) is 0 Å². The van der Waals surface area contributed by atoms with Crippen LogP contribution in [0.1, 0.15) is 53.5 Å². The second-order valence-electron chi connectivity index (χ2n) is 8.04. The summed E-state index contributed by atoms with van der Waals surface area (Å²) in [5, 5.41) is 2.90. The summed E-state index contributed by atoms with van der Waals surface area (Å²) in [7, 11) is 1.32. The molecule has 1 aromatic carbocycles. The Morgan fingerprint density at radius 3 is 2.38 bits per heavy atom. The fraction of sp³-hybridized carbons (Fsp3) is 0.478. The zero-order valence-corrected chi connectivity index (χ0v) is 19.1. The highest BCUT2D eigenvalue weighted by atomic mass is 32.1. The van der Waals surface area contributed by atoms with Crippen LogP contribution in [-0.2, 0) is 9.59 Å². The number of methoxy groups -OCH3 is 1. The molecular weight excluding hydrogens is 441 g/mol. The van der Waals surface area contributed by atoms with Crippen LogP contribution in [0, 0.1) is 13.8 Å². The Morgan fingerprint density at radius 2 is 1.81 bits per heavy atom. The van der Waals surface area contributed by atoms with E-state index in [0.29, 0.717) is 15.3 Å². The van der Waals surface area contributed by atoms with Gasteiger partial charge in [0.15, 0.2) is 6.04 Å². The van der Waals surface area contributed by atoms with Crippen LogP contribution < -0.4 is 15.0 Å². The van der Waals surface area contributed by atoms with Gasteiger partial charge in [0.25, 0.3) is 0 Å². The molecule has 1 aliphatic carbocycles. The summed E-state index contributed by atoms with van der Waals surface area (Å²) in [5.41, 5.74) is 0.541. The molecule has 1 unspecified atom stereocenters. The zero-order valence-electron chi connectivity index (χ0n) is 18.3. The molecule has 9 heteroatoms. The molecule has 0 saturated heterocycles. The lowest BCUT2D eigenvalue weighted by atomic mass is 9.95. The molecule has 1 saturated carbocycles. The number of rotatable bonds is 6. The lowest BCUT2D eigenvalue weighted by Crippen LogP contribution is -2.50. The van der Waals surface area contributed by atoms with Crippen LogP contribution in [-0.4, -0.2) is 31.1 Å². The van der Waals surface area contributed by atoms with Crippen molar-refractivity contribution in [2.45, 2.75) is 64.2 Å². The molecule has 32 heavy (non-hydrogen) atoms. The highest BCUT2D eigenvalue weighted by Crippen LogP contribution is 2.40. The number of ether oxygens (including phenoxy) is 1. The molecule has 174 valence electrons. The fourth-order valence-corrected chi connectivity index (χ4v) is 4.96. The Hall–Kier alpha value is -2.55. The molecule has 2 aromatic rings.